The highest BCUT2D eigenvalue weighted by atomic mass is 127. The van der Waals surface area contributed by atoms with Crippen molar-refractivity contribution in [1.82, 2.24) is 19.9 Å². The summed E-state index contributed by atoms with van der Waals surface area (Å²) in [6.07, 6.45) is 1.50. The molecule has 0 atom stereocenters. The summed E-state index contributed by atoms with van der Waals surface area (Å²) >= 11 is 2.28. The molecule has 0 bridgehead atoms. The van der Waals surface area contributed by atoms with E-state index in [-0.39, 0.29) is 12.1 Å². The first-order valence-electron chi connectivity index (χ1n) is 7.82. The first kappa shape index (κ1) is 16.5. The van der Waals surface area contributed by atoms with E-state index >= 15 is 0 Å². The van der Waals surface area contributed by atoms with Crippen LogP contribution in [0.5, 0.6) is 0 Å². The van der Waals surface area contributed by atoms with E-state index in [1.54, 1.807) is 4.90 Å². The van der Waals surface area contributed by atoms with Crippen LogP contribution in [0.15, 0.2) is 18.2 Å². The minimum atomic E-state index is -0.451. The largest absolute Gasteiger partial charge is 0.444 e. The zero-order valence-electron chi connectivity index (χ0n) is 13.6. The number of amides is 1. The molecular weight excluding hydrogens is 407 g/mol. The zero-order valence-corrected chi connectivity index (χ0v) is 15.8. The van der Waals surface area contributed by atoms with Gasteiger partial charge in [0.25, 0.3) is 0 Å². The summed E-state index contributed by atoms with van der Waals surface area (Å²) in [6, 6.07) is 6.45. The van der Waals surface area contributed by atoms with Crippen molar-refractivity contribution >= 4 is 39.7 Å². The molecule has 1 aromatic heterocycles. The van der Waals surface area contributed by atoms with Gasteiger partial charge >= 0.3 is 6.09 Å². The number of rotatable bonds is 1. The second-order valence-electron chi connectivity index (χ2n) is 6.87. The Morgan fingerprint density at radius 2 is 2.00 bits per heavy atom. The number of carbonyl (C=O) groups excluding carboxylic acids is 1. The molecule has 2 heterocycles. The van der Waals surface area contributed by atoms with Gasteiger partial charge in [-0.15, -0.1) is 5.10 Å². The van der Waals surface area contributed by atoms with Crippen LogP contribution >= 0.6 is 22.6 Å². The predicted octanol–water partition coefficient (Wildman–Crippen LogP) is 3.61. The molecule has 2 aromatic rings. The lowest BCUT2D eigenvalue weighted by Crippen LogP contribution is -2.42. The fourth-order valence-corrected chi connectivity index (χ4v) is 3.28. The number of benzene rings is 1. The highest BCUT2D eigenvalue weighted by Crippen LogP contribution is 2.26. The van der Waals surface area contributed by atoms with Crippen LogP contribution in [0.1, 0.15) is 39.7 Å². The van der Waals surface area contributed by atoms with Crippen LogP contribution in [-0.4, -0.2) is 44.7 Å². The molecule has 1 aromatic carbocycles. The smallest absolute Gasteiger partial charge is 0.410 e. The van der Waals surface area contributed by atoms with Gasteiger partial charge in [-0.2, -0.15) is 0 Å². The maximum atomic E-state index is 12.1. The molecule has 3 rings (SSSR count). The second-order valence-corrected chi connectivity index (χ2v) is 8.11. The molecule has 1 aliphatic rings. The van der Waals surface area contributed by atoms with Gasteiger partial charge in [-0.25, -0.2) is 9.48 Å². The SMILES string of the molecule is CC(C)(C)OC(=O)N1CCC(n2nnc3cc(I)ccc32)CC1. The van der Waals surface area contributed by atoms with E-state index < -0.39 is 5.60 Å². The van der Waals surface area contributed by atoms with Gasteiger partial charge in [-0.05, 0) is 74.4 Å². The number of fused-ring (bicyclic) bond motifs is 1. The van der Waals surface area contributed by atoms with Crippen LogP contribution in [-0.2, 0) is 4.74 Å². The molecular formula is C16H21IN4O2. The Labute approximate surface area is 149 Å². The van der Waals surface area contributed by atoms with Gasteiger partial charge in [-0.3, -0.25) is 0 Å². The molecule has 7 heteroatoms. The minimum Gasteiger partial charge on any atom is -0.444 e. The quantitative estimate of drug-likeness (QED) is 0.652. The van der Waals surface area contributed by atoms with Gasteiger partial charge in [0.15, 0.2) is 0 Å². The number of nitrogens with zero attached hydrogens (tertiary/aromatic N) is 4. The third-order valence-corrected chi connectivity index (χ3v) is 4.57. The number of hydrogen-bond donors (Lipinski definition) is 0. The van der Waals surface area contributed by atoms with Crippen LogP contribution in [0.4, 0.5) is 4.79 Å². The van der Waals surface area contributed by atoms with Gasteiger partial charge in [0, 0.05) is 16.7 Å². The van der Waals surface area contributed by atoms with Crippen LogP contribution in [0.25, 0.3) is 11.0 Å². The van der Waals surface area contributed by atoms with E-state index in [2.05, 4.69) is 45.0 Å². The van der Waals surface area contributed by atoms with Crippen molar-refractivity contribution in [2.24, 2.45) is 0 Å². The Morgan fingerprint density at radius 1 is 1.30 bits per heavy atom. The van der Waals surface area contributed by atoms with Gasteiger partial charge in [-0.1, -0.05) is 5.21 Å². The summed E-state index contributed by atoms with van der Waals surface area (Å²) in [6.45, 7) is 7.04. The molecule has 0 radical (unpaired) electrons. The van der Waals surface area contributed by atoms with Crippen molar-refractivity contribution in [2.45, 2.75) is 45.3 Å². The van der Waals surface area contributed by atoms with E-state index in [4.69, 9.17) is 4.74 Å². The number of likely N-dealkylation sites (tertiary alicyclic amines) is 1. The Morgan fingerprint density at radius 3 is 2.65 bits per heavy atom. The Bertz CT molecular complexity index is 714. The van der Waals surface area contributed by atoms with E-state index in [9.17, 15) is 4.79 Å². The van der Waals surface area contributed by atoms with E-state index in [0.29, 0.717) is 13.1 Å². The van der Waals surface area contributed by atoms with Crippen molar-refractivity contribution in [2.75, 3.05) is 13.1 Å². The van der Waals surface area contributed by atoms with Crippen LogP contribution < -0.4 is 0 Å². The number of carbonyl (C=O) groups is 1. The fraction of sp³-hybridized carbons (Fsp3) is 0.562. The van der Waals surface area contributed by atoms with Crippen molar-refractivity contribution in [1.29, 1.82) is 0 Å². The monoisotopic (exact) mass is 428 g/mol. The topological polar surface area (TPSA) is 60.2 Å². The molecule has 0 unspecified atom stereocenters. The minimum absolute atomic E-state index is 0.228. The number of aromatic nitrogens is 3. The molecule has 0 aliphatic carbocycles. The van der Waals surface area contributed by atoms with Crippen LogP contribution in [0.2, 0.25) is 0 Å². The summed E-state index contributed by atoms with van der Waals surface area (Å²) in [5, 5.41) is 8.58. The normalized spacial score (nSPS) is 16.8. The van der Waals surface area contributed by atoms with Gasteiger partial charge < -0.3 is 9.64 Å². The number of piperidine rings is 1. The zero-order chi connectivity index (χ0) is 16.6. The van der Waals surface area contributed by atoms with Crippen LogP contribution in [0, 0.1) is 3.57 Å². The molecule has 1 fully saturated rings. The predicted molar refractivity (Wildman–Crippen MR) is 96.3 cm³/mol. The maximum absolute atomic E-state index is 12.1. The molecule has 0 saturated carbocycles. The lowest BCUT2D eigenvalue weighted by molar-refractivity contribution is 0.0185. The number of ether oxygens (including phenoxy) is 1. The molecule has 0 N–H and O–H groups in total. The van der Waals surface area contributed by atoms with Crippen molar-refractivity contribution in [3.05, 3.63) is 21.8 Å². The average Bonchev–Trinajstić information content (AvgIpc) is 2.88. The molecule has 1 saturated heterocycles. The summed E-state index contributed by atoms with van der Waals surface area (Å²) < 4.78 is 8.59. The molecule has 23 heavy (non-hydrogen) atoms. The second kappa shape index (κ2) is 6.26. The lowest BCUT2D eigenvalue weighted by Gasteiger charge is -2.33. The molecule has 6 nitrogen and oxygen atoms in total. The van der Waals surface area contributed by atoms with Gasteiger partial charge in [0.1, 0.15) is 11.1 Å². The molecule has 1 amide bonds. The van der Waals surface area contributed by atoms with Crippen molar-refractivity contribution in [3.8, 4) is 0 Å². The molecule has 1 aliphatic heterocycles. The first-order chi connectivity index (χ1) is 10.8. The highest BCUT2D eigenvalue weighted by molar-refractivity contribution is 14.1. The third-order valence-electron chi connectivity index (χ3n) is 3.90. The number of halogens is 1. The lowest BCUT2D eigenvalue weighted by atomic mass is 10.1. The van der Waals surface area contributed by atoms with E-state index in [1.165, 1.54) is 0 Å². The molecule has 124 valence electrons. The Balaban J connectivity index is 1.67. The summed E-state index contributed by atoms with van der Waals surface area (Å²) in [5.41, 5.74) is 1.53. The third kappa shape index (κ3) is 3.76. The Hall–Kier alpha value is -1.38. The summed E-state index contributed by atoms with van der Waals surface area (Å²) in [7, 11) is 0. The van der Waals surface area contributed by atoms with Crippen LogP contribution in [0.3, 0.4) is 0 Å². The standard InChI is InChI=1S/C16H21IN4O2/c1-16(2,3)23-15(22)20-8-6-12(7-9-20)21-14-5-4-11(17)10-13(14)18-19-21/h4-5,10,12H,6-9H2,1-3H3. The van der Waals surface area contributed by atoms with Gasteiger partial charge in [0.2, 0.25) is 0 Å². The Kier molecular flexibility index (Phi) is 4.48. The molecule has 0 spiro atoms. The van der Waals surface area contributed by atoms with Crippen molar-refractivity contribution in [3.63, 3.8) is 0 Å². The van der Waals surface area contributed by atoms with Gasteiger partial charge in [0.05, 0.1) is 11.6 Å². The summed E-state index contributed by atoms with van der Waals surface area (Å²) in [5.74, 6) is 0. The van der Waals surface area contributed by atoms with Crippen molar-refractivity contribution < 1.29 is 9.53 Å². The highest BCUT2D eigenvalue weighted by Gasteiger charge is 2.28. The fourth-order valence-electron chi connectivity index (χ4n) is 2.80. The average molecular weight is 428 g/mol. The van der Waals surface area contributed by atoms with E-state index in [1.807, 2.05) is 31.5 Å². The summed E-state index contributed by atoms with van der Waals surface area (Å²) in [4.78, 5) is 13.9. The number of hydrogen-bond acceptors (Lipinski definition) is 4. The maximum Gasteiger partial charge on any atom is 0.410 e. The van der Waals surface area contributed by atoms with E-state index in [0.717, 1.165) is 27.4 Å². The first-order valence-corrected chi connectivity index (χ1v) is 8.90.